The maximum atomic E-state index is 10.9. The number of benzene rings is 2. The number of hydrogen-bond donors (Lipinski definition) is 2. The molecule has 3 aromatic rings. The molecule has 26 heavy (non-hydrogen) atoms. The molecule has 1 heterocycles. The van der Waals surface area contributed by atoms with Crippen LogP contribution in [-0.4, -0.2) is 28.4 Å². The predicted molar refractivity (Wildman–Crippen MR) is 97.0 cm³/mol. The van der Waals surface area contributed by atoms with Crippen molar-refractivity contribution in [1.29, 1.82) is 0 Å². The molecule has 0 radical (unpaired) electrons. The van der Waals surface area contributed by atoms with Crippen LogP contribution in [0.5, 0.6) is 11.5 Å². The number of carbonyl (C=O) groups is 1. The Morgan fingerprint density at radius 3 is 2.65 bits per heavy atom. The van der Waals surface area contributed by atoms with Gasteiger partial charge in [0.25, 0.3) is 0 Å². The second-order valence-corrected chi connectivity index (χ2v) is 5.73. The van der Waals surface area contributed by atoms with Crippen LogP contribution in [0.15, 0.2) is 48.5 Å². The van der Waals surface area contributed by atoms with Crippen molar-refractivity contribution < 1.29 is 14.3 Å². The van der Waals surface area contributed by atoms with Gasteiger partial charge in [-0.2, -0.15) is 5.10 Å². The highest BCUT2D eigenvalue weighted by atomic mass is 16.6. The van der Waals surface area contributed by atoms with Gasteiger partial charge in [-0.1, -0.05) is 30.3 Å². The fraction of sp³-hybridized carbons (Fsp3) is 0.211. The summed E-state index contributed by atoms with van der Waals surface area (Å²) < 4.78 is 10.1. The van der Waals surface area contributed by atoms with E-state index in [9.17, 15) is 4.79 Å². The molecule has 0 saturated carbocycles. The van der Waals surface area contributed by atoms with E-state index in [1.165, 1.54) is 12.7 Å². The largest absolute Gasteiger partial charge is 0.493 e. The lowest BCUT2D eigenvalue weighted by molar-refractivity contribution is 0.208. The van der Waals surface area contributed by atoms with Crippen molar-refractivity contribution in [2.45, 2.75) is 19.3 Å². The number of amides is 1. The number of aryl methyl sites for hydroxylation is 2. The van der Waals surface area contributed by atoms with E-state index in [1.54, 1.807) is 18.2 Å². The Kier molecular flexibility index (Phi) is 5.48. The fourth-order valence-electron chi connectivity index (χ4n) is 2.64. The van der Waals surface area contributed by atoms with Crippen LogP contribution in [0.2, 0.25) is 0 Å². The number of nitrogens with two attached hydrogens (primary N) is 1. The lowest BCUT2D eigenvalue weighted by Gasteiger charge is -2.08. The van der Waals surface area contributed by atoms with Gasteiger partial charge in [0.2, 0.25) is 0 Å². The predicted octanol–water partition coefficient (Wildman–Crippen LogP) is 3.11. The Hall–Kier alpha value is -3.35. The molecule has 134 valence electrons. The third-order valence-electron chi connectivity index (χ3n) is 3.89. The van der Waals surface area contributed by atoms with Crippen LogP contribution in [0.25, 0.3) is 11.4 Å². The van der Waals surface area contributed by atoms with E-state index in [0.29, 0.717) is 11.6 Å². The van der Waals surface area contributed by atoms with Crippen molar-refractivity contribution in [2.75, 3.05) is 7.11 Å². The topological polar surface area (TPSA) is 103 Å². The standard InChI is InChI=1S/C19H20N4O3/c1-25-16-12-14(10-11-15(16)26-19(20)24)18-21-17(22-23-18)9-5-8-13-6-3-2-4-7-13/h2-4,6-7,10-12H,5,8-9H2,1H3,(H2,20,24)(H,21,22,23). The third kappa shape index (κ3) is 4.38. The smallest absolute Gasteiger partial charge is 0.410 e. The molecule has 0 atom stereocenters. The molecule has 0 aliphatic carbocycles. The summed E-state index contributed by atoms with van der Waals surface area (Å²) in [4.78, 5) is 15.4. The van der Waals surface area contributed by atoms with E-state index in [-0.39, 0.29) is 5.75 Å². The zero-order valence-corrected chi connectivity index (χ0v) is 14.4. The average Bonchev–Trinajstić information content (AvgIpc) is 3.11. The molecule has 7 nitrogen and oxygen atoms in total. The Labute approximate surface area is 151 Å². The average molecular weight is 352 g/mol. The van der Waals surface area contributed by atoms with Crippen molar-refractivity contribution in [2.24, 2.45) is 5.73 Å². The SMILES string of the molecule is COc1cc(-c2n[nH]c(CCCc3ccccc3)n2)ccc1OC(N)=O. The first-order chi connectivity index (χ1) is 12.7. The summed E-state index contributed by atoms with van der Waals surface area (Å²) in [5.74, 6) is 2.02. The van der Waals surface area contributed by atoms with Gasteiger partial charge in [0.05, 0.1) is 7.11 Å². The molecule has 3 N–H and O–H groups in total. The summed E-state index contributed by atoms with van der Waals surface area (Å²) in [6, 6.07) is 15.4. The summed E-state index contributed by atoms with van der Waals surface area (Å²) in [7, 11) is 1.49. The minimum Gasteiger partial charge on any atom is -0.493 e. The van der Waals surface area contributed by atoms with Crippen LogP contribution in [-0.2, 0) is 12.8 Å². The van der Waals surface area contributed by atoms with Crippen molar-refractivity contribution >= 4 is 6.09 Å². The van der Waals surface area contributed by atoms with Gasteiger partial charge in [-0.15, -0.1) is 0 Å². The van der Waals surface area contributed by atoms with Crippen LogP contribution < -0.4 is 15.2 Å². The molecule has 1 aromatic heterocycles. The van der Waals surface area contributed by atoms with Gasteiger partial charge in [-0.3, -0.25) is 5.10 Å². The van der Waals surface area contributed by atoms with Crippen molar-refractivity contribution in [3.05, 3.63) is 59.9 Å². The van der Waals surface area contributed by atoms with E-state index >= 15 is 0 Å². The molecule has 0 spiro atoms. The first kappa shape index (κ1) is 17.5. The number of methoxy groups -OCH3 is 1. The van der Waals surface area contributed by atoms with Crippen molar-refractivity contribution in [1.82, 2.24) is 15.2 Å². The lowest BCUT2D eigenvalue weighted by Crippen LogP contribution is -2.16. The number of ether oxygens (including phenoxy) is 2. The normalized spacial score (nSPS) is 10.5. The lowest BCUT2D eigenvalue weighted by atomic mass is 10.1. The number of nitrogens with zero attached hydrogens (tertiary/aromatic N) is 2. The molecule has 0 fully saturated rings. The van der Waals surface area contributed by atoms with Gasteiger partial charge in [0, 0.05) is 12.0 Å². The molecule has 2 aromatic carbocycles. The Balaban J connectivity index is 1.66. The summed E-state index contributed by atoms with van der Waals surface area (Å²) >= 11 is 0. The van der Waals surface area contributed by atoms with E-state index in [2.05, 4.69) is 27.3 Å². The number of aromatic nitrogens is 3. The number of rotatable bonds is 7. The fourth-order valence-corrected chi connectivity index (χ4v) is 2.64. The van der Waals surface area contributed by atoms with Crippen LogP contribution >= 0.6 is 0 Å². The molecule has 1 amide bonds. The van der Waals surface area contributed by atoms with Crippen molar-refractivity contribution in [3.8, 4) is 22.9 Å². The number of hydrogen-bond acceptors (Lipinski definition) is 5. The van der Waals surface area contributed by atoms with Gasteiger partial charge in [-0.25, -0.2) is 9.78 Å². The molecule has 3 rings (SSSR count). The number of aromatic amines is 1. The zero-order valence-electron chi connectivity index (χ0n) is 14.4. The van der Waals surface area contributed by atoms with Crippen molar-refractivity contribution in [3.63, 3.8) is 0 Å². The number of primary amides is 1. The summed E-state index contributed by atoms with van der Waals surface area (Å²) in [5, 5.41) is 7.22. The van der Waals surface area contributed by atoms with Crippen LogP contribution in [0, 0.1) is 0 Å². The quantitative estimate of drug-likeness (QED) is 0.680. The molecule has 0 saturated heterocycles. The molecular weight excluding hydrogens is 332 g/mol. The highest BCUT2D eigenvalue weighted by molar-refractivity contribution is 5.70. The first-order valence-corrected chi connectivity index (χ1v) is 8.26. The molecule has 0 aliphatic rings. The molecular formula is C19H20N4O3. The number of nitrogens with one attached hydrogen (secondary N) is 1. The second kappa shape index (κ2) is 8.15. The summed E-state index contributed by atoms with van der Waals surface area (Å²) in [6.07, 6.45) is 1.88. The first-order valence-electron chi connectivity index (χ1n) is 8.26. The van der Waals surface area contributed by atoms with Gasteiger partial charge in [0.1, 0.15) is 5.82 Å². The Bertz CT molecular complexity index is 878. The molecule has 0 bridgehead atoms. The third-order valence-corrected chi connectivity index (χ3v) is 3.89. The highest BCUT2D eigenvalue weighted by Gasteiger charge is 2.12. The van der Waals surface area contributed by atoms with Gasteiger partial charge < -0.3 is 15.2 Å². The van der Waals surface area contributed by atoms with E-state index < -0.39 is 6.09 Å². The van der Waals surface area contributed by atoms with Crippen LogP contribution in [0.3, 0.4) is 0 Å². The minimum absolute atomic E-state index is 0.252. The van der Waals surface area contributed by atoms with Gasteiger partial charge >= 0.3 is 6.09 Å². The van der Waals surface area contributed by atoms with Gasteiger partial charge in [0.15, 0.2) is 17.3 Å². The summed E-state index contributed by atoms with van der Waals surface area (Å²) in [6.45, 7) is 0. The Morgan fingerprint density at radius 1 is 1.12 bits per heavy atom. The Morgan fingerprint density at radius 2 is 1.92 bits per heavy atom. The molecule has 0 aliphatic heterocycles. The second-order valence-electron chi connectivity index (χ2n) is 5.73. The monoisotopic (exact) mass is 352 g/mol. The van der Waals surface area contributed by atoms with Crippen LogP contribution in [0.1, 0.15) is 17.8 Å². The van der Waals surface area contributed by atoms with E-state index in [1.807, 2.05) is 18.2 Å². The maximum Gasteiger partial charge on any atom is 0.410 e. The highest BCUT2D eigenvalue weighted by Crippen LogP contribution is 2.31. The number of carbonyl (C=O) groups excluding carboxylic acids is 1. The minimum atomic E-state index is -0.894. The van der Waals surface area contributed by atoms with Crippen LogP contribution in [0.4, 0.5) is 4.79 Å². The number of H-pyrrole nitrogens is 1. The van der Waals surface area contributed by atoms with E-state index in [0.717, 1.165) is 30.7 Å². The van der Waals surface area contributed by atoms with Gasteiger partial charge in [-0.05, 0) is 36.6 Å². The molecule has 0 unspecified atom stereocenters. The van der Waals surface area contributed by atoms with E-state index in [4.69, 9.17) is 15.2 Å². The molecule has 7 heteroatoms. The summed E-state index contributed by atoms with van der Waals surface area (Å²) in [5.41, 5.74) is 7.10. The maximum absolute atomic E-state index is 10.9. The zero-order chi connectivity index (χ0) is 18.4.